The minimum Gasteiger partial charge on any atom is -0.309 e. The Labute approximate surface area is 595 Å². The molecule has 0 spiro atoms. The molecule has 5 aromatic heterocycles. The Hall–Kier alpha value is -12.7. The van der Waals surface area contributed by atoms with Gasteiger partial charge in [-0.05, 0) is 202 Å². The zero-order valence-corrected chi connectivity index (χ0v) is 58.1. The fourth-order valence-corrected chi connectivity index (χ4v) is 17.3. The summed E-state index contributed by atoms with van der Waals surface area (Å²) in [6, 6.07) is 109. The number of aryl methyl sites for hydroxylation is 6. The fourth-order valence-electron chi connectivity index (χ4n) is 16.2. The summed E-state index contributed by atoms with van der Waals surface area (Å²) in [5, 5.41) is 22.6. The molecular formula is C95H66N6S. The number of fused-ring (bicyclic) bond motifs is 12. The number of rotatable bonds is 10. The topological polar surface area (TPSA) is 64.4 Å². The van der Waals surface area contributed by atoms with Crippen LogP contribution in [0, 0.1) is 52.9 Å². The largest absolute Gasteiger partial charge is 0.309 e. The molecule has 0 fully saturated rings. The maximum Gasteiger partial charge on any atom is 0.160 e. The van der Waals surface area contributed by atoms with Gasteiger partial charge in [-0.3, -0.25) is 0 Å². The maximum absolute atomic E-state index is 13.0. The molecule has 0 aliphatic carbocycles. The first kappa shape index (κ1) is 60.4. The molecule has 0 saturated carbocycles. The summed E-state index contributed by atoms with van der Waals surface area (Å²) in [7, 11) is 0. The molecule has 7 heteroatoms. The Morgan fingerprint density at radius 3 is 1.07 bits per heavy atom. The van der Waals surface area contributed by atoms with Gasteiger partial charge in [0.25, 0.3) is 0 Å². The van der Waals surface area contributed by atoms with Gasteiger partial charge < -0.3 is 13.7 Å². The van der Waals surface area contributed by atoms with Gasteiger partial charge in [-0.15, -0.1) is 11.3 Å². The molecule has 19 aromatic rings. The van der Waals surface area contributed by atoms with Crippen molar-refractivity contribution in [2.24, 2.45) is 0 Å². The lowest BCUT2D eigenvalue weighted by molar-refractivity contribution is 1.17. The number of nitrogens with zero attached hydrogens (tertiary/aromatic N) is 6. The van der Waals surface area contributed by atoms with E-state index < -0.39 is 0 Å². The highest BCUT2D eigenvalue weighted by Gasteiger charge is 2.32. The van der Waals surface area contributed by atoms with Crippen LogP contribution in [0.15, 0.2) is 291 Å². The van der Waals surface area contributed by atoms with Crippen LogP contribution in [0.4, 0.5) is 0 Å². The van der Waals surface area contributed by atoms with E-state index in [1.54, 1.807) is 0 Å². The highest BCUT2D eigenvalue weighted by atomic mass is 32.1. The van der Waals surface area contributed by atoms with Gasteiger partial charge >= 0.3 is 0 Å². The number of nitriles is 1. The van der Waals surface area contributed by atoms with Crippen LogP contribution < -0.4 is 0 Å². The average Bonchev–Trinajstić information content (AvgIpc) is 0.920. The molecule has 102 heavy (non-hydrogen) atoms. The van der Waals surface area contributed by atoms with Crippen molar-refractivity contribution in [3.8, 4) is 102 Å². The summed E-state index contributed by atoms with van der Waals surface area (Å²) in [5.74, 6) is 0.555. The molecule has 0 aliphatic heterocycles. The molecule has 0 saturated heterocycles. The van der Waals surface area contributed by atoms with Crippen LogP contribution in [0.25, 0.3) is 181 Å². The Bertz CT molecular complexity index is 6480. The van der Waals surface area contributed by atoms with Crippen LogP contribution >= 0.6 is 11.3 Å². The van der Waals surface area contributed by atoms with E-state index in [0.717, 1.165) is 127 Å². The third-order valence-electron chi connectivity index (χ3n) is 20.8. The Morgan fingerprint density at radius 1 is 0.284 bits per heavy atom. The molecule has 0 unspecified atom stereocenters. The van der Waals surface area contributed by atoms with Crippen LogP contribution in [0.2, 0.25) is 0 Å². The van der Waals surface area contributed by atoms with Crippen molar-refractivity contribution in [2.45, 2.75) is 41.5 Å². The van der Waals surface area contributed by atoms with E-state index in [9.17, 15) is 5.26 Å². The lowest BCUT2D eigenvalue weighted by Gasteiger charge is -2.27. The Balaban J connectivity index is 0.969. The number of thiophene rings is 1. The SMILES string of the molecule is Cc1ccc2c(c1)c1cc(C)ccc1n2-c1ccc(-c2c(C#N)c(-c3cc(-c4ccccc4)nc(-c4ccccc4)n3)c(-c3ccc(-n4c5ccc(C)cc5c5cc(C)ccc54)cc3)c(-c3cccc4sc5ccccc5c34)c2-c2ccc(-n3c4ccc(C)cc4c4cc(C)ccc43)cc2)cc1. The number of hydrogen-bond acceptors (Lipinski definition) is 4. The fraction of sp³-hybridized carbons (Fsp3) is 0.0632. The van der Waals surface area contributed by atoms with E-state index in [0.29, 0.717) is 22.6 Å². The third-order valence-corrected chi connectivity index (χ3v) is 22.0. The van der Waals surface area contributed by atoms with Gasteiger partial charge in [-0.25, -0.2) is 9.97 Å². The second-order valence-corrected chi connectivity index (χ2v) is 28.7. The van der Waals surface area contributed by atoms with Gasteiger partial charge in [0.2, 0.25) is 0 Å². The van der Waals surface area contributed by atoms with Crippen LogP contribution in [0.5, 0.6) is 0 Å². The van der Waals surface area contributed by atoms with Crippen molar-refractivity contribution in [1.29, 1.82) is 5.26 Å². The molecular weight excluding hydrogens is 1260 g/mol. The molecule has 0 radical (unpaired) electrons. The van der Waals surface area contributed by atoms with Gasteiger partial charge in [0.1, 0.15) is 6.07 Å². The third kappa shape index (κ3) is 9.74. The second-order valence-electron chi connectivity index (χ2n) is 27.6. The maximum atomic E-state index is 13.0. The highest BCUT2D eigenvalue weighted by molar-refractivity contribution is 7.26. The lowest BCUT2D eigenvalue weighted by atomic mass is 9.76. The van der Waals surface area contributed by atoms with Crippen LogP contribution in [0.1, 0.15) is 38.9 Å². The van der Waals surface area contributed by atoms with E-state index in [4.69, 9.17) is 9.97 Å². The van der Waals surface area contributed by atoms with Crippen molar-refractivity contribution in [3.05, 3.63) is 330 Å². The standard InChI is InChI=1S/C95H66N6S/c1-56-24-42-81-72(48-56)73-49-57(2)25-43-82(73)99(81)67-36-30-63(31-37-67)89-78(55-96)93(80-54-79(62-16-9-7-10-17-62)97-95(98-80)66-18-11-8-12-19-66)91(65-34-40-69(41-35-65)101-85-46-28-60(5)52-76(85)77-53-61(6)29-47-86(77)101)94(71-21-15-23-88-92(71)70-20-13-14-22-87(70)102-88)90(89)64-32-38-68(39-33-64)100-83-44-26-58(3)50-74(83)75-51-59(4)27-45-84(75)100/h7-54H,1-6H3. The zero-order chi connectivity index (χ0) is 68.6. The van der Waals surface area contributed by atoms with E-state index in [1.807, 2.05) is 35.6 Å². The predicted molar refractivity (Wildman–Crippen MR) is 429 cm³/mol. The van der Waals surface area contributed by atoms with Crippen LogP contribution in [-0.2, 0) is 0 Å². The van der Waals surface area contributed by atoms with Crippen molar-refractivity contribution >= 4 is 96.9 Å². The smallest absolute Gasteiger partial charge is 0.160 e. The van der Waals surface area contributed by atoms with Crippen molar-refractivity contribution < 1.29 is 0 Å². The minimum atomic E-state index is 0.493. The lowest BCUT2D eigenvalue weighted by Crippen LogP contribution is -2.05. The van der Waals surface area contributed by atoms with Gasteiger partial charge in [0.15, 0.2) is 5.82 Å². The zero-order valence-electron chi connectivity index (χ0n) is 57.3. The van der Waals surface area contributed by atoms with Gasteiger partial charge in [0, 0.05) is 97.4 Å². The quantitative estimate of drug-likeness (QED) is 0.137. The molecule has 482 valence electrons. The number of benzene rings is 14. The molecule has 0 amide bonds. The Kier molecular flexibility index (Phi) is 14.1. The van der Waals surface area contributed by atoms with Crippen molar-refractivity contribution in [1.82, 2.24) is 23.7 Å². The van der Waals surface area contributed by atoms with Gasteiger partial charge in [0.05, 0.1) is 50.1 Å². The van der Waals surface area contributed by atoms with Crippen LogP contribution in [-0.4, -0.2) is 23.7 Å². The first-order chi connectivity index (χ1) is 50.0. The summed E-state index contributed by atoms with van der Waals surface area (Å²) in [4.78, 5) is 11.2. The van der Waals surface area contributed by atoms with Crippen molar-refractivity contribution in [3.63, 3.8) is 0 Å². The minimum absolute atomic E-state index is 0.493. The van der Waals surface area contributed by atoms with Crippen LogP contribution in [0.3, 0.4) is 0 Å². The van der Waals surface area contributed by atoms with E-state index in [1.165, 1.54) is 70.4 Å². The normalized spacial score (nSPS) is 11.8. The summed E-state index contributed by atoms with van der Waals surface area (Å²) >= 11 is 1.81. The van der Waals surface area contributed by atoms with E-state index in [2.05, 4.69) is 328 Å². The summed E-state index contributed by atoms with van der Waals surface area (Å²) in [5.41, 5.74) is 29.0. The first-order valence-electron chi connectivity index (χ1n) is 34.9. The summed E-state index contributed by atoms with van der Waals surface area (Å²) in [6.07, 6.45) is 0. The predicted octanol–water partition coefficient (Wildman–Crippen LogP) is 25.5. The molecule has 14 aromatic carbocycles. The molecule has 0 bridgehead atoms. The summed E-state index contributed by atoms with van der Waals surface area (Å²) in [6.45, 7) is 13.0. The van der Waals surface area contributed by atoms with Crippen molar-refractivity contribution in [2.75, 3.05) is 0 Å². The summed E-state index contributed by atoms with van der Waals surface area (Å²) < 4.78 is 9.56. The highest BCUT2D eigenvalue weighted by Crippen LogP contribution is 2.56. The Morgan fingerprint density at radius 2 is 0.647 bits per heavy atom. The molecule has 0 aliphatic rings. The number of aromatic nitrogens is 5. The number of hydrogen-bond donors (Lipinski definition) is 0. The molecule has 0 atom stereocenters. The van der Waals surface area contributed by atoms with E-state index >= 15 is 0 Å². The van der Waals surface area contributed by atoms with Gasteiger partial charge in [-0.1, -0.05) is 197 Å². The first-order valence-corrected chi connectivity index (χ1v) is 35.7. The van der Waals surface area contributed by atoms with Gasteiger partial charge in [-0.2, -0.15) is 5.26 Å². The molecule has 0 N–H and O–H groups in total. The molecule has 6 nitrogen and oxygen atoms in total. The molecule has 19 rings (SSSR count). The second kappa shape index (κ2) is 23.7. The average molecular weight is 1320 g/mol. The monoisotopic (exact) mass is 1320 g/mol. The molecule has 5 heterocycles. The van der Waals surface area contributed by atoms with E-state index in [-0.39, 0.29) is 0 Å².